The number of anilines is 1. The third-order valence-corrected chi connectivity index (χ3v) is 4.47. The summed E-state index contributed by atoms with van der Waals surface area (Å²) in [7, 11) is 3.58. The van der Waals surface area contributed by atoms with Crippen LogP contribution in [0.5, 0.6) is 0 Å². The highest BCUT2D eigenvalue weighted by molar-refractivity contribution is 14.0. The van der Waals surface area contributed by atoms with E-state index >= 15 is 0 Å². The number of aromatic nitrogens is 4. The molecule has 0 fully saturated rings. The molecule has 0 saturated carbocycles. The maximum atomic E-state index is 9.66. The van der Waals surface area contributed by atoms with Gasteiger partial charge < -0.3 is 21.1 Å². The predicted molar refractivity (Wildman–Crippen MR) is 126 cm³/mol. The van der Waals surface area contributed by atoms with Gasteiger partial charge in [0.05, 0.1) is 18.2 Å². The molecule has 10 heteroatoms. The molecule has 3 aromatic rings. The Morgan fingerprint density at radius 3 is 2.69 bits per heavy atom. The van der Waals surface area contributed by atoms with Crippen LogP contribution in [-0.2, 0) is 7.05 Å². The third kappa shape index (κ3) is 6.00. The average Bonchev–Trinajstić information content (AvgIpc) is 3.12. The summed E-state index contributed by atoms with van der Waals surface area (Å²) in [6, 6.07) is 9.95. The van der Waals surface area contributed by atoms with Crippen LogP contribution in [0.2, 0.25) is 0 Å². The van der Waals surface area contributed by atoms with E-state index in [4.69, 9.17) is 0 Å². The van der Waals surface area contributed by atoms with E-state index in [2.05, 4.69) is 36.0 Å². The quantitative estimate of drug-likeness (QED) is 0.157. The average molecular weight is 510 g/mol. The molecule has 0 aliphatic carbocycles. The van der Waals surface area contributed by atoms with Crippen LogP contribution in [-0.4, -0.2) is 64.1 Å². The zero-order valence-corrected chi connectivity index (χ0v) is 18.9. The number of hydrogen-bond acceptors (Lipinski definition) is 6. The first-order valence-corrected chi connectivity index (χ1v) is 9.19. The van der Waals surface area contributed by atoms with E-state index in [-0.39, 0.29) is 36.5 Å². The molecular formula is C19H27IN8O. The van der Waals surface area contributed by atoms with E-state index in [1.54, 1.807) is 17.9 Å². The molecule has 0 saturated heterocycles. The van der Waals surface area contributed by atoms with Crippen molar-refractivity contribution in [2.24, 2.45) is 12.0 Å². The number of guanidine groups is 1. The van der Waals surface area contributed by atoms with Crippen LogP contribution >= 0.6 is 24.0 Å². The molecule has 2 heterocycles. The summed E-state index contributed by atoms with van der Waals surface area (Å²) in [5.74, 6) is 1.45. The summed E-state index contributed by atoms with van der Waals surface area (Å²) in [5, 5.41) is 24.6. The van der Waals surface area contributed by atoms with Crippen LogP contribution in [0.1, 0.15) is 11.5 Å². The number of aliphatic hydroxyl groups excluding tert-OH is 1. The highest BCUT2D eigenvalue weighted by atomic mass is 127. The second kappa shape index (κ2) is 11.5. The lowest BCUT2D eigenvalue weighted by molar-refractivity contribution is 0.265. The highest BCUT2D eigenvalue weighted by Gasteiger charge is 2.11. The van der Waals surface area contributed by atoms with Gasteiger partial charge in [-0.3, -0.25) is 9.67 Å². The van der Waals surface area contributed by atoms with Gasteiger partial charge in [-0.1, -0.05) is 30.3 Å². The Kier molecular flexibility index (Phi) is 9.06. The molecule has 1 atom stereocenters. The normalized spacial score (nSPS) is 12.3. The van der Waals surface area contributed by atoms with Crippen molar-refractivity contribution in [2.75, 3.05) is 38.6 Å². The van der Waals surface area contributed by atoms with Gasteiger partial charge in [-0.15, -0.1) is 24.0 Å². The molecule has 0 radical (unpaired) electrons. The fourth-order valence-electron chi connectivity index (χ4n) is 2.92. The lowest BCUT2D eigenvalue weighted by atomic mass is 10.0. The van der Waals surface area contributed by atoms with Crippen LogP contribution in [0, 0.1) is 0 Å². The number of aryl methyl sites for hydroxylation is 1. The Morgan fingerprint density at radius 2 is 1.97 bits per heavy atom. The molecule has 0 aliphatic heterocycles. The van der Waals surface area contributed by atoms with Gasteiger partial charge in [0.1, 0.15) is 12.1 Å². The van der Waals surface area contributed by atoms with Crippen molar-refractivity contribution in [2.45, 2.75) is 5.92 Å². The van der Waals surface area contributed by atoms with Crippen LogP contribution in [0.4, 0.5) is 5.82 Å². The van der Waals surface area contributed by atoms with Gasteiger partial charge in [0.2, 0.25) is 0 Å². The Balaban J connectivity index is 0.00000300. The number of hydrogen-bond donors (Lipinski definition) is 4. The number of nitrogens with one attached hydrogen (secondary N) is 3. The molecule has 9 nitrogen and oxygen atoms in total. The number of aliphatic hydroxyl groups is 1. The molecule has 156 valence electrons. The molecule has 2 aromatic heterocycles. The first kappa shape index (κ1) is 22.8. The van der Waals surface area contributed by atoms with Crippen molar-refractivity contribution in [3.05, 3.63) is 48.4 Å². The zero-order chi connectivity index (χ0) is 19.8. The first-order chi connectivity index (χ1) is 13.7. The first-order valence-electron chi connectivity index (χ1n) is 9.19. The standard InChI is InChI=1S/C19H26N8O.HI/c1-20-19(23-10-15(12-28)14-6-4-3-5-7-14)22-9-8-21-17-16-11-26-27(2)18(16)25-13-24-17;/h3-7,11,13,15,28H,8-10,12H2,1-2H3,(H2,20,22,23)(H,21,24,25);1H. The van der Waals surface area contributed by atoms with Gasteiger partial charge in [0, 0.05) is 39.6 Å². The Bertz CT molecular complexity index is 915. The number of aliphatic imine (C=N–C) groups is 1. The fourth-order valence-corrected chi connectivity index (χ4v) is 2.92. The molecule has 29 heavy (non-hydrogen) atoms. The number of benzene rings is 1. The molecule has 3 rings (SSSR count). The van der Waals surface area contributed by atoms with Crippen molar-refractivity contribution >= 4 is 46.8 Å². The van der Waals surface area contributed by atoms with Crippen molar-refractivity contribution in [3.8, 4) is 0 Å². The smallest absolute Gasteiger partial charge is 0.191 e. The van der Waals surface area contributed by atoms with E-state index < -0.39 is 0 Å². The lowest BCUT2D eigenvalue weighted by Gasteiger charge is -2.18. The topological polar surface area (TPSA) is 112 Å². The summed E-state index contributed by atoms with van der Waals surface area (Å²) in [6.45, 7) is 1.98. The summed E-state index contributed by atoms with van der Waals surface area (Å²) in [5.41, 5.74) is 1.89. The largest absolute Gasteiger partial charge is 0.396 e. The van der Waals surface area contributed by atoms with Crippen molar-refractivity contribution in [1.29, 1.82) is 0 Å². The molecule has 1 unspecified atom stereocenters. The maximum Gasteiger partial charge on any atom is 0.191 e. The summed E-state index contributed by atoms with van der Waals surface area (Å²) < 4.78 is 1.72. The maximum absolute atomic E-state index is 9.66. The molecule has 0 bridgehead atoms. The van der Waals surface area contributed by atoms with Crippen LogP contribution < -0.4 is 16.0 Å². The van der Waals surface area contributed by atoms with Crippen LogP contribution in [0.25, 0.3) is 11.0 Å². The zero-order valence-electron chi connectivity index (χ0n) is 16.5. The molecular weight excluding hydrogens is 483 g/mol. The van der Waals surface area contributed by atoms with Gasteiger partial charge in [0.25, 0.3) is 0 Å². The summed E-state index contributed by atoms with van der Waals surface area (Å²) in [4.78, 5) is 12.7. The Hall–Kier alpha value is -2.47. The number of nitrogens with zero attached hydrogens (tertiary/aromatic N) is 5. The van der Waals surface area contributed by atoms with Gasteiger partial charge in [-0.2, -0.15) is 5.10 Å². The van der Waals surface area contributed by atoms with Crippen LogP contribution in [0.3, 0.4) is 0 Å². The number of rotatable bonds is 8. The Labute approximate surface area is 187 Å². The van der Waals surface area contributed by atoms with Crippen LogP contribution in [0.15, 0.2) is 47.8 Å². The molecule has 1 aromatic carbocycles. The van der Waals surface area contributed by atoms with E-state index in [9.17, 15) is 5.11 Å². The van der Waals surface area contributed by atoms with E-state index in [1.807, 2.05) is 37.4 Å². The minimum atomic E-state index is 0. The number of halogens is 1. The lowest BCUT2D eigenvalue weighted by Crippen LogP contribution is -2.41. The summed E-state index contributed by atoms with van der Waals surface area (Å²) >= 11 is 0. The molecule has 0 aliphatic rings. The monoisotopic (exact) mass is 510 g/mol. The third-order valence-electron chi connectivity index (χ3n) is 4.47. The van der Waals surface area contributed by atoms with Crippen molar-refractivity contribution in [3.63, 3.8) is 0 Å². The van der Waals surface area contributed by atoms with Gasteiger partial charge in [-0.05, 0) is 5.56 Å². The van der Waals surface area contributed by atoms with Crippen molar-refractivity contribution in [1.82, 2.24) is 30.4 Å². The second-order valence-corrected chi connectivity index (χ2v) is 6.32. The van der Waals surface area contributed by atoms with E-state index in [0.29, 0.717) is 25.6 Å². The van der Waals surface area contributed by atoms with E-state index in [1.165, 1.54) is 6.33 Å². The molecule has 4 N–H and O–H groups in total. The minimum Gasteiger partial charge on any atom is -0.396 e. The fraction of sp³-hybridized carbons (Fsp3) is 0.368. The molecule has 0 amide bonds. The van der Waals surface area contributed by atoms with Crippen molar-refractivity contribution < 1.29 is 5.11 Å². The van der Waals surface area contributed by atoms with Gasteiger partial charge >= 0.3 is 0 Å². The van der Waals surface area contributed by atoms with E-state index in [0.717, 1.165) is 22.4 Å². The minimum absolute atomic E-state index is 0. The second-order valence-electron chi connectivity index (χ2n) is 6.32. The number of fused-ring (bicyclic) bond motifs is 1. The summed E-state index contributed by atoms with van der Waals surface area (Å²) in [6.07, 6.45) is 3.28. The van der Waals surface area contributed by atoms with Gasteiger partial charge in [-0.25, -0.2) is 9.97 Å². The Morgan fingerprint density at radius 1 is 1.17 bits per heavy atom. The highest BCUT2D eigenvalue weighted by Crippen LogP contribution is 2.17. The predicted octanol–water partition coefficient (Wildman–Crippen LogP) is 1.33. The van der Waals surface area contributed by atoms with Gasteiger partial charge in [0.15, 0.2) is 11.6 Å². The SMILES string of the molecule is CN=C(NCCNc1ncnc2c1cnn2C)NCC(CO)c1ccccc1.I. The molecule has 0 spiro atoms.